The molecule has 1 aliphatic rings. The molecule has 0 amide bonds. The van der Waals surface area contributed by atoms with E-state index in [1.165, 1.54) is 0 Å². The smallest absolute Gasteiger partial charge is 0.129 e. The molecule has 0 bridgehead atoms. The highest BCUT2D eigenvalue weighted by molar-refractivity contribution is 4.78. The van der Waals surface area contributed by atoms with E-state index >= 15 is 0 Å². The number of hydrogen-bond donors (Lipinski definition) is 0. The van der Waals surface area contributed by atoms with Crippen LogP contribution in [0.3, 0.4) is 0 Å². The summed E-state index contributed by atoms with van der Waals surface area (Å²) in [6.45, 7) is 2.70. The van der Waals surface area contributed by atoms with Crippen molar-refractivity contribution in [3.05, 3.63) is 0 Å². The molecule has 0 saturated carbocycles. The number of alkyl halides is 1. The molecule has 0 aromatic rings. The molecule has 72 valence electrons. The van der Waals surface area contributed by atoms with Crippen LogP contribution in [0.15, 0.2) is 0 Å². The number of ether oxygens (including phenoxy) is 1. The van der Waals surface area contributed by atoms with E-state index in [2.05, 4.69) is 21.1 Å². The van der Waals surface area contributed by atoms with Gasteiger partial charge in [-0.3, -0.25) is 0 Å². The zero-order valence-electron chi connectivity index (χ0n) is 8.38. The number of halogens is 1. The molecule has 0 aromatic heterocycles. The maximum Gasteiger partial charge on any atom is 0.129 e. The summed E-state index contributed by atoms with van der Waals surface area (Å²) in [7, 11) is 6.29. The van der Waals surface area contributed by atoms with Gasteiger partial charge in [-0.15, -0.1) is 0 Å². The Labute approximate surface area is 73.9 Å². The van der Waals surface area contributed by atoms with E-state index < -0.39 is 6.17 Å². The summed E-state index contributed by atoms with van der Waals surface area (Å²) in [5.41, 5.74) is 0. The van der Waals surface area contributed by atoms with Crippen LogP contribution >= 0.6 is 0 Å². The van der Waals surface area contributed by atoms with Gasteiger partial charge in [-0.05, 0) is 6.92 Å². The highest BCUT2D eigenvalue weighted by Crippen LogP contribution is 2.23. The number of quaternary nitrogens is 1. The topological polar surface area (TPSA) is 9.23 Å². The Bertz CT molecular complexity index is 145. The van der Waals surface area contributed by atoms with Gasteiger partial charge in [0.1, 0.15) is 18.8 Å². The van der Waals surface area contributed by atoms with E-state index in [4.69, 9.17) is 4.74 Å². The lowest BCUT2D eigenvalue weighted by atomic mass is 10.1. The Morgan fingerprint density at radius 3 is 2.33 bits per heavy atom. The van der Waals surface area contributed by atoms with Crippen molar-refractivity contribution < 1.29 is 13.6 Å². The van der Waals surface area contributed by atoms with Crippen molar-refractivity contribution in [2.75, 3.05) is 27.7 Å². The van der Waals surface area contributed by atoms with Gasteiger partial charge in [0.15, 0.2) is 0 Å². The van der Waals surface area contributed by atoms with Gasteiger partial charge in [0.05, 0.1) is 27.2 Å². The molecule has 1 saturated heterocycles. The number of rotatable bonds is 2. The van der Waals surface area contributed by atoms with Crippen LogP contribution in [-0.2, 0) is 4.74 Å². The monoisotopic (exact) mass is 176 g/mol. The van der Waals surface area contributed by atoms with E-state index in [1.807, 2.05) is 0 Å². The largest absolute Gasteiger partial charge is 0.366 e. The predicted octanol–water partition coefficient (Wildman–Crippen LogP) is 1.21. The van der Waals surface area contributed by atoms with Crippen molar-refractivity contribution in [2.24, 2.45) is 0 Å². The van der Waals surface area contributed by atoms with Crippen LogP contribution in [0.4, 0.5) is 4.39 Å². The summed E-state index contributed by atoms with van der Waals surface area (Å²) in [6, 6.07) is 0. The van der Waals surface area contributed by atoms with Crippen LogP contribution in [-0.4, -0.2) is 50.6 Å². The van der Waals surface area contributed by atoms with Gasteiger partial charge in [0.25, 0.3) is 0 Å². The van der Waals surface area contributed by atoms with E-state index in [0.717, 1.165) is 11.0 Å². The molecule has 1 heterocycles. The first kappa shape index (κ1) is 9.93. The lowest BCUT2D eigenvalue weighted by Crippen LogP contribution is -2.41. The molecule has 0 N–H and O–H groups in total. The molecular weight excluding hydrogens is 157 g/mol. The SMILES string of the molecule is C[C@@H]1O[C@H](C[N+](C)(C)C)C[C@H]1F. The van der Waals surface area contributed by atoms with Crippen LogP contribution in [0, 0.1) is 0 Å². The zero-order chi connectivity index (χ0) is 9.35. The lowest BCUT2D eigenvalue weighted by Gasteiger charge is -2.26. The Hall–Kier alpha value is -0.150. The fraction of sp³-hybridized carbons (Fsp3) is 1.00. The second-order valence-electron chi connectivity index (χ2n) is 4.69. The fourth-order valence-corrected chi connectivity index (χ4v) is 1.62. The highest BCUT2D eigenvalue weighted by atomic mass is 19.1. The minimum absolute atomic E-state index is 0.106. The number of likely N-dealkylation sites (N-methyl/N-ethyl adjacent to an activating group) is 1. The second-order valence-corrected chi connectivity index (χ2v) is 4.69. The summed E-state index contributed by atoms with van der Waals surface area (Å²) in [5.74, 6) is 0. The quantitative estimate of drug-likeness (QED) is 0.575. The molecule has 12 heavy (non-hydrogen) atoms. The molecular formula is C9H19FNO+. The Kier molecular flexibility index (Phi) is 2.74. The van der Waals surface area contributed by atoms with E-state index in [0.29, 0.717) is 6.42 Å². The molecule has 0 spiro atoms. The van der Waals surface area contributed by atoms with Gasteiger partial charge < -0.3 is 9.22 Å². The van der Waals surface area contributed by atoms with E-state index in [-0.39, 0.29) is 12.2 Å². The van der Waals surface area contributed by atoms with Crippen molar-refractivity contribution in [3.8, 4) is 0 Å². The zero-order valence-corrected chi connectivity index (χ0v) is 8.38. The fourth-order valence-electron chi connectivity index (χ4n) is 1.62. The lowest BCUT2D eigenvalue weighted by molar-refractivity contribution is -0.873. The van der Waals surface area contributed by atoms with Crippen molar-refractivity contribution in [3.63, 3.8) is 0 Å². The maximum absolute atomic E-state index is 13.0. The first-order chi connectivity index (χ1) is 5.38. The average molecular weight is 176 g/mol. The third-order valence-corrected chi connectivity index (χ3v) is 2.16. The van der Waals surface area contributed by atoms with Crippen LogP contribution in [0.25, 0.3) is 0 Å². The number of hydrogen-bond acceptors (Lipinski definition) is 1. The van der Waals surface area contributed by atoms with Gasteiger partial charge in [-0.1, -0.05) is 0 Å². The summed E-state index contributed by atoms with van der Waals surface area (Å²) in [4.78, 5) is 0. The van der Waals surface area contributed by atoms with Gasteiger partial charge in [-0.25, -0.2) is 4.39 Å². The van der Waals surface area contributed by atoms with Gasteiger partial charge >= 0.3 is 0 Å². The Morgan fingerprint density at radius 2 is 2.00 bits per heavy atom. The minimum Gasteiger partial charge on any atom is -0.366 e. The normalized spacial score (nSPS) is 37.2. The third kappa shape index (κ3) is 2.72. The Morgan fingerprint density at radius 1 is 1.42 bits per heavy atom. The molecule has 3 heteroatoms. The summed E-state index contributed by atoms with van der Waals surface area (Å²) in [5, 5.41) is 0. The molecule has 3 atom stereocenters. The first-order valence-electron chi connectivity index (χ1n) is 4.48. The first-order valence-corrected chi connectivity index (χ1v) is 4.48. The average Bonchev–Trinajstić information content (AvgIpc) is 2.07. The van der Waals surface area contributed by atoms with Crippen molar-refractivity contribution in [1.82, 2.24) is 0 Å². The highest BCUT2D eigenvalue weighted by Gasteiger charge is 2.34. The molecule has 0 aliphatic carbocycles. The van der Waals surface area contributed by atoms with Crippen LogP contribution < -0.4 is 0 Å². The van der Waals surface area contributed by atoms with E-state index in [9.17, 15) is 4.39 Å². The van der Waals surface area contributed by atoms with Crippen LogP contribution in [0.5, 0.6) is 0 Å². The standard InChI is InChI=1S/C9H19FNO/c1-7-9(10)5-8(12-7)6-11(2,3)4/h7-9H,5-6H2,1-4H3/q+1/t7-,8-,9+/m0/s1. The summed E-state index contributed by atoms with van der Waals surface area (Å²) >= 11 is 0. The Balaban J connectivity index is 2.38. The third-order valence-electron chi connectivity index (χ3n) is 2.16. The van der Waals surface area contributed by atoms with Gasteiger partial charge in [0.2, 0.25) is 0 Å². The van der Waals surface area contributed by atoms with Crippen LogP contribution in [0.1, 0.15) is 13.3 Å². The minimum atomic E-state index is -0.762. The molecule has 1 fully saturated rings. The molecule has 2 nitrogen and oxygen atoms in total. The number of nitrogens with zero attached hydrogens (tertiary/aromatic N) is 1. The van der Waals surface area contributed by atoms with Crippen LogP contribution in [0.2, 0.25) is 0 Å². The molecule has 0 radical (unpaired) electrons. The second kappa shape index (κ2) is 3.30. The summed E-state index contributed by atoms with van der Waals surface area (Å²) in [6.07, 6.45) is -0.297. The molecule has 1 rings (SSSR count). The maximum atomic E-state index is 13.0. The summed E-state index contributed by atoms with van der Waals surface area (Å²) < 4.78 is 19.3. The van der Waals surface area contributed by atoms with Crippen molar-refractivity contribution >= 4 is 0 Å². The predicted molar refractivity (Wildman–Crippen MR) is 46.7 cm³/mol. The van der Waals surface area contributed by atoms with Crippen molar-refractivity contribution in [2.45, 2.75) is 31.7 Å². The molecule has 1 aliphatic heterocycles. The van der Waals surface area contributed by atoms with Crippen molar-refractivity contribution in [1.29, 1.82) is 0 Å². The van der Waals surface area contributed by atoms with Gasteiger partial charge in [-0.2, -0.15) is 0 Å². The van der Waals surface area contributed by atoms with Gasteiger partial charge in [0, 0.05) is 6.42 Å². The van der Waals surface area contributed by atoms with E-state index in [1.54, 1.807) is 6.92 Å². The molecule has 0 unspecified atom stereocenters. The molecule has 0 aromatic carbocycles.